The highest BCUT2D eigenvalue weighted by Gasteiger charge is 2.05. The second kappa shape index (κ2) is 4.25. The number of rotatable bonds is 3. The fourth-order valence-electron chi connectivity index (χ4n) is 0.892. The lowest BCUT2D eigenvalue weighted by Crippen LogP contribution is -2.35. The zero-order valence-electron chi connectivity index (χ0n) is 6.77. The molecule has 0 fully saturated rings. The fourth-order valence-corrected chi connectivity index (χ4v) is 1.28. The van der Waals surface area contributed by atoms with Crippen molar-refractivity contribution in [2.75, 3.05) is 11.6 Å². The summed E-state index contributed by atoms with van der Waals surface area (Å²) >= 11 is 3.27. The lowest BCUT2D eigenvalue weighted by Gasteiger charge is -2.15. The molecule has 0 saturated heterocycles. The second-order valence-electron chi connectivity index (χ2n) is 2.50. The molecule has 4 nitrogen and oxygen atoms in total. The largest absolute Gasteiger partial charge is 0.480 e. The predicted octanol–water partition coefficient (Wildman–Crippen LogP) is 1.21. The van der Waals surface area contributed by atoms with E-state index < -0.39 is 5.97 Å². The predicted molar refractivity (Wildman–Crippen MR) is 53.3 cm³/mol. The molecular weight excluding hydrogens is 236 g/mol. The summed E-state index contributed by atoms with van der Waals surface area (Å²) in [6.07, 6.45) is 0. The molecule has 1 aromatic rings. The Hall–Kier alpha value is -1.07. The number of nitrogens with zero attached hydrogens (tertiary/aromatic N) is 1. The average Bonchev–Trinajstić information content (AvgIpc) is 2.03. The van der Waals surface area contributed by atoms with Gasteiger partial charge in [-0.3, -0.25) is 9.80 Å². The highest BCUT2D eigenvalue weighted by atomic mass is 79.9. The smallest absolute Gasteiger partial charge is 0.324 e. The normalized spacial score (nSPS) is 9.69. The minimum Gasteiger partial charge on any atom is -0.480 e. The second-order valence-corrected chi connectivity index (χ2v) is 3.42. The van der Waals surface area contributed by atoms with E-state index in [4.69, 9.17) is 10.9 Å². The van der Waals surface area contributed by atoms with Gasteiger partial charge in [-0.2, -0.15) is 0 Å². The SMILES string of the molecule is NN(CC(=O)O)c1cccc(Br)c1. The minimum atomic E-state index is -0.956. The number of halogens is 1. The Morgan fingerprint density at radius 2 is 2.31 bits per heavy atom. The van der Waals surface area contributed by atoms with Crippen molar-refractivity contribution in [3.8, 4) is 0 Å². The molecule has 0 radical (unpaired) electrons. The van der Waals surface area contributed by atoms with E-state index in [9.17, 15) is 4.79 Å². The van der Waals surface area contributed by atoms with Gasteiger partial charge in [0.25, 0.3) is 0 Å². The molecule has 0 aromatic heterocycles. The number of carbonyl (C=O) groups is 1. The highest BCUT2D eigenvalue weighted by molar-refractivity contribution is 9.10. The van der Waals surface area contributed by atoms with Gasteiger partial charge < -0.3 is 5.11 Å². The number of nitrogens with two attached hydrogens (primary N) is 1. The molecule has 0 aliphatic heterocycles. The van der Waals surface area contributed by atoms with Crippen molar-refractivity contribution < 1.29 is 9.90 Å². The van der Waals surface area contributed by atoms with Crippen LogP contribution in [0.2, 0.25) is 0 Å². The number of aliphatic carboxylic acids is 1. The van der Waals surface area contributed by atoms with Gasteiger partial charge in [-0.05, 0) is 18.2 Å². The summed E-state index contributed by atoms with van der Waals surface area (Å²) in [5, 5.41) is 9.65. The van der Waals surface area contributed by atoms with E-state index in [-0.39, 0.29) is 6.54 Å². The lowest BCUT2D eigenvalue weighted by atomic mass is 10.3. The summed E-state index contributed by atoms with van der Waals surface area (Å²) in [4.78, 5) is 10.3. The van der Waals surface area contributed by atoms with E-state index in [1.807, 2.05) is 6.07 Å². The summed E-state index contributed by atoms with van der Waals surface area (Å²) in [5.41, 5.74) is 0.664. The summed E-state index contributed by atoms with van der Waals surface area (Å²) in [6.45, 7) is -0.212. The Kier molecular flexibility index (Phi) is 3.27. The van der Waals surface area contributed by atoms with Crippen LogP contribution in [0.1, 0.15) is 0 Å². The van der Waals surface area contributed by atoms with Crippen LogP contribution in [0.15, 0.2) is 28.7 Å². The first kappa shape index (κ1) is 10.0. The number of carboxylic acids is 1. The van der Waals surface area contributed by atoms with Gasteiger partial charge in [0.15, 0.2) is 0 Å². The number of carboxylic acid groups (broad SMARTS) is 1. The Morgan fingerprint density at radius 1 is 1.62 bits per heavy atom. The molecule has 0 spiro atoms. The number of hydrogen-bond donors (Lipinski definition) is 2. The number of hydrogen-bond acceptors (Lipinski definition) is 3. The van der Waals surface area contributed by atoms with Crippen LogP contribution in [-0.4, -0.2) is 17.6 Å². The van der Waals surface area contributed by atoms with Crippen LogP contribution in [0.5, 0.6) is 0 Å². The molecule has 0 unspecified atom stereocenters. The van der Waals surface area contributed by atoms with E-state index in [0.717, 1.165) is 4.47 Å². The maximum Gasteiger partial charge on any atom is 0.324 e. The molecule has 13 heavy (non-hydrogen) atoms. The monoisotopic (exact) mass is 244 g/mol. The van der Waals surface area contributed by atoms with Crippen molar-refractivity contribution in [3.05, 3.63) is 28.7 Å². The van der Waals surface area contributed by atoms with E-state index in [0.29, 0.717) is 5.69 Å². The Balaban J connectivity index is 2.76. The average molecular weight is 245 g/mol. The maximum atomic E-state index is 10.3. The Bertz CT molecular complexity index is 317. The molecule has 0 saturated carbocycles. The molecule has 1 aromatic carbocycles. The molecule has 5 heteroatoms. The van der Waals surface area contributed by atoms with E-state index in [2.05, 4.69) is 15.9 Å². The van der Waals surface area contributed by atoms with Crippen LogP contribution >= 0.6 is 15.9 Å². The van der Waals surface area contributed by atoms with Crippen molar-refractivity contribution in [3.63, 3.8) is 0 Å². The van der Waals surface area contributed by atoms with Crippen LogP contribution in [0.3, 0.4) is 0 Å². The molecular formula is C8H9BrN2O2. The van der Waals surface area contributed by atoms with Gasteiger partial charge in [-0.15, -0.1) is 0 Å². The summed E-state index contributed by atoms with van der Waals surface area (Å²) in [7, 11) is 0. The van der Waals surface area contributed by atoms with Crippen molar-refractivity contribution >= 4 is 27.6 Å². The third-order valence-electron chi connectivity index (χ3n) is 1.45. The maximum absolute atomic E-state index is 10.3. The minimum absolute atomic E-state index is 0.212. The Morgan fingerprint density at radius 3 is 2.85 bits per heavy atom. The highest BCUT2D eigenvalue weighted by Crippen LogP contribution is 2.17. The van der Waals surface area contributed by atoms with E-state index >= 15 is 0 Å². The first-order chi connectivity index (χ1) is 6.09. The first-order valence-electron chi connectivity index (χ1n) is 3.59. The van der Waals surface area contributed by atoms with Gasteiger partial charge in [0, 0.05) is 4.47 Å². The van der Waals surface area contributed by atoms with Crippen LogP contribution in [0, 0.1) is 0 Å². The van der Waals surface area contributed by atoms with E-state index in [1.54, 1.807) is 18.2 Å². The van der Waals surface area contributed by atoms with Gasteiger partial charge in [0.2, 0.25) is 0 Å². The Labute approximate surface area is 84.1 Å². The quantitative estimate of drug-likeness (QED) is 0.620. The zero-order valence-corrected chi connectivity index (χ0v) is 8.36. The molecule has 0 aliphatic rings. The van der Waals surface area contributed by atoms with Crippen molar-refractivity contribution in [2.24, 2.45) is 5.84 Å². The first-order valence-corrected chi connectivity index (χ1v) is 4.38. The van der Waals surface area contributed by atoms with Crippen LogP contribution in [0.4, 0.5) is 5.69 Å². The number of anilines is 1. The van der Waals surface area contributed by atoms with Crippen LogP contribution in [0.25, 0.3) is 0 Å². The zero-order chi connectivity index (χ0) is 9.84. The van der Waals surface area contributed by atoms with Crippen molar-refractivity contribution in [1.29, 1.82) is 0 Å². The third-order valence-corrected chi connectivity index (χ3v) is 1.94. The number of hydrazine groups is 1. The fraction of sp³-hybridized carbons (Fsp3) is 0.125. The summed E-state index contributed by atoms with van der Waals surface area (Å²) in [6, 6.07) is 7.13. The molecule has 1 rings (SSSR count). The molecule has 70 valence electrons. The summed E-state index contributed by atoms with van der Waals surface area (Å²) in [5.74, 6) is 4.54. The summed E-state index contributed by atoms with van der Waals surface area (Å²) < 4.78 is 0.867. The topological polar surface area (TPSA) is 66.6 Å². The molecule has 3 N–H and O–H groups in total. The van der Waals surface area contributed by atoms with Crippen molar-refractivity contribution in [1.82, 2.24) is 0 Å². The molecule has 0 amide bonds. The van der Waals surface area contributed by atoms with Crippen LogP contribution in [-0.2, 0) is 4.79 Å². The lowest BCUT2D eigenvalue weighted by molar-refractivity contribution is -0.135. The van der Waals surface area contributed by atoms with Gasteiger partial charge >= 0.3 is 5.97 Å². The van der Waals surface area contributed by atoms with Gasteiger partial charge in [-0.1, -0.05) is 22.0 Å². The van der Waals surface area contributed by atoms with E-state index in [1.165, 1.54) is 5.01 Å². The standard InChI is InChI=1S/C8H9BrN2O2/c9-6-2-1-3-7(4-6)11(10)5-8(12)13/h1-4H,5,10H2,(H,12,13). The molecule has 0 bridgehead atoms. The van der Waals surface area contributed by atoms with Crippen LogP contribution < -0.4 is 10.9 Å². The van der Waals surface area contributed by atoms with Gasteiger partial charge in [0.1, 0.15) is 6.54 Å². The molecule has 0 heterocycles. The molecule has 0 atom stereocenters. The van der Waals surface area contributed by atoms with Gasteiger partial charge in [0.05, 0.1) is 5.69 Å². The molecule has 0 aliphatic carbocycles. The van der Waals surface area contributed by atoms with Gasteiger partial charge in [-0.25, -0.2) is 5.84 Å². The van der Waals surface area contributed by atoms with Crippen molar-refractivity contribution in [2.45, 2.75) is 0 Å². The third kappa shape index (κ3) is 3.04. The number of benzene rings is 1.